The van der Waals surface area contributed by atoms with Crippen LogP contribution in [0, 0.1) is 0 Å². The van der Waals surface area contributed by atoms with Crippen LogP contribution in [0.25, 0.3) is 0 Å². The Kier molecular flexibility index (Phi) is 5.07. The molecule has 0 saturated heterocycles. The van der Waals surface area contributed by atoms with Crippen LogP contribution in [0.1, 0.15) is 61.6 Å². The molecule has 0 saturated carbocycles. The number of benzene rings is 1. The van der Waals surface area contributed by atoms with Gasteiger partial charge in [-0.05, 0) is 68.5 Å². The van der Waals surface area contributed by atoms with Crippen molar-refractivity contribution in [3.63, 3.8) is 0 Å². The summed E-state index contributed by atoms with van der Waals surface area (Å²) < 4.78 is 0. The average molecular weight is 350 g/mol. The maximum atomic E-state index is 12.0. The molecule has 1 aromatic carbocycles. The summed E-state index contributed by atoms with van der Waals surface area (Å²) in [6, 6.07) is 11.6. The quantitative estimate of drug-likeness (QED) is 0.671. The molecule has 1 aromatic heterocycles. The molecule has 1 N–H and O–H groups in total. The van der Waals surface area contributed by atoms with E-state index in [0.29, 0.717) is 11.6 Å². The van der Waals surface area contributed by atoms with E-state index in [1.54, 1.807) is 30.6 Å². The van der Waals surface area contributed by atoms with Crippen LogP contribution in [0.3, 0.4) is 0 Å². The molecule has 1 unspecified atom stereocenters. The third-order valence-electron chi connectivity index (χ3n) is 5.00. The van der Waals surface area contributed by atoms with Crippen molar-refractivity contribution in [2.45, 2.75) is 45.6 Å². The van der Waals surface area contributed by atoms with Crippen molar-refractivity contribution in [2.75, 3.05) is 11.4 Å². The number of pyridine rings is 1. The van der Waals surface area contributed by atoms with E-state index >= 15 is 0 Å². The number of amides is 1. The minimum absolute atomic E-state index is 0.160. The molecule has 1 aliphatic rings. The number of nitrogens with zero attached hydrogens (tertiary/aromatic N) is 3. The highest BCUT2D eigenvalue weighted by Gasteiger charge is 2.35. The van der Waals surface area contributed by atoms with E-state index in [4.69, 9.17) is 0 Å². The van der Waals surface area contributed by atoms with Crippen LogP contribution in [0.5, 0.6) is 0 Å². The lowest BCUT2D eigenvalue weighted by Crippen LogP contribution is -2.48. The maximum absolute atomic E-state index is 12.0. The lowest BCUT2D eigenvalue weighted by Gasteiger charge is -2.47. The number of hydrazone groups is 1. The van der Waals surface area contributed by atoms with Gasteiger partial charge in [0.05, 0.1) is 6.21 Å². The van der Waals surface area contributed by atoms with E-state index in [-0.39, 0.29) is 11.4 Å². The van der Waals surface area contributed by atoms with Gasteiger partial charge in [-0.15, -0.1) is 0 Å². The Morgan fingerprint density at radius 2 is 2.19 bits per heavy atom. The monoisotopic (exact) mass is 350 g/mol. The van der Waals surface area contributed by atoms with E-state index < -0.39 is 0 Å². The Hall–Kier alpha value is -2.69. The molecule has 0 spiro atoms. The number of carbonyl (C=O) groups excluding carboxylic acids is 1. The fourth-order valence-electron chi connectivity index (χ4n) is 3.91. The summed E-state index contributed by atoms with van der Waals surface area (Å²) in [5.41, 5.74) is 6.66. The predicted molar refractivity (Wildman–Crippen MR) is 106 cm³/mol. The molecule has 0 fully saturated rings. The molecule has 1 amide bonds. The Labute approximate surface area is 155 Å². The molecule has 0 radical (unpaired) electrons. The SMILES string of the molecule is CCN1c2ccc(/C=N/NC(=O)c3ccccn3)cc2C(C)CC1(C)C. The van der Waals surface area contributed by atoms with E-state index in [2.05, 4.69) is 60.2 Å². The number of nitrogens with one attached hydrogen (secondary N) is 1. The Morgan fingerprint density at radius 1 is 1.38 bits per heavy atom. The van der Waals surface area contributed by atoms with Crippen molar-refractivity contribution in [1.82, 2.24) is 10.4 Å². The van der Waals surface area contributed by atoms with Crippen molar-refractivity contribution in [3.8, 4) is 0 Å². The fourth-order valence-corrected chi connectivity index (χ4v) is 3.91. The summed E-state index contributed by atoms with van der Waals surface area (Å²) in [4.78, 5) is 18.5. The van der Waals surface area contributed by atoms with Crippen LogP contribution in [0.2, 0.25) is 0 Å². The van der Waals surface area contributed by atoms with Crippen molar-refractivity contribution in [2.24, 2.45) is 5.10 Å². The standard InChI is InChI=1S/C21H26N4O/c1-5-25-19-10-9-16(12-17(19)15(2)13-21(25,3)4)14-23-24-20(26)18-8-6-7-11-22-18/h6-12,14-15H,5,13H2,1-4H3,(H,24,26)/b23-14+. The summed E-state index contributed by atoms with van der Waals surface area (Å²) in [5.74, 6) is 0.173. The third kappa shape index (κ3) is 3.62. The molecular weight excluding hydrogens is 324 g/mol. The summed E-state index contributed by atoms with van der Waals surface area (Å²) in [5, 5.41) is 4.08. The van der Waals surface area contributed by atoms with Crippen molar-refractivity contribution >= 4 is 17.8 Å². The van der Waals surface area contributed by atoms with Gasteiger partial charge in [0.25, 0.3) is 5.91 Å². The molecule has 2 heterocycles. The molecule has 0 aliphatic carbocycles. The van der Waals surface area contributed by atoms with Gasteiger partial charge >= 0.3 is 0 Å². The van der Waals surface area contributed by atoms with Crippen LogP contribution in [0.15, 0.2) is 47.7 Å². The molecule has 136 valence electrons. The first-order chi connectivity index (χ1) is 12.4. The topological polar surface area (TPSA) is 57.6 Å². The molecule has 1 aliphatic heterocycles. The number of rotatable bonds is 4. The number of anilines is 1. The molecule has 26 heavy (non-hydrogen) atoms. The smallest absolute Gasteiger partial charge is 0.289 e. The second kappa shape index (κ2) is 7.28. The highest BCUT2D eigenvalue weighted by atomic mass is 16.2. The third-order valence-corrected chi connectivity index (χ3v) is 5.00. The maximum Gasteiger partial charge on any atom is 0.289 e. The highest BCUT2D eigenvalue weighted by molar-refractivity contribution is 5.93. The molecule has 2 aromatic rings. The molecule has 5 heteroatoms. The second-order valence-electron chi connectivity index (χ2n) is 7.39. The first-order valence-corrected chi connectivity index (χ1v) is 9.08. The lowest BCUT2D eigenvalue weighted by molar-refractivity contribution is 0.0950. The molecule has 0 bridgehead atoms. The zero-order valence-corrected chi connectivity index (χ0v) is 15.9. The van der Waals surface area contributed by atoms with Gasteiger partial charge < -0.3 is 4.90 Å². The summed E-state index contributed by atoms with van der Waals surface area (Å²) >= 11 is 0. The van der Waals surface area contributed by atoms with Crippen LogP contribution >= 0.6 is 0 Å². The molecule has 3 rings (SSSR count). The van der Waals surface area contributed by atoms with E-state index in [1.807, 2.05) is 6.07 Å². The Balaban J connectivity index is 1.77. The number of fused-ring (bicyclic) bond motifs is 1. The minimum Gasteiger partial charge on any atom is -0.366 e. The number of aromatic nitrogens is 1. The lowest BCUT2D eigenvalue weighted by atomic mass is 9.79. The summed E-state index contributed by atoms with van der Waals surface area (Å²) in [7, 11) is 0. The van der Waals surface area contributed by atoms with Gasteiger partial charge in [-0.25, -0.2) is 5.43 Å². The second-order valence-corrected chi connectivity index (χ2v) is 7.39. The van der Waals surface area contributed by atoms with E-state index in [1.165, 1.54) is 11.3 Å². The fraction of sp³-hybridized carbons (Fsp3) is 0.381. The van der Waals surface area contributed by atoms with Gasteiger partial charge in [0.15, 0.2) is 0 Å². The average Bonchev–Trinajstić information content (AvgIpc) is 2.62. The highest BCUT2D eigenvalue weighted by Crippen LogP contribution is 2.43. The van der Waals surface area contributed by atoms with Gasteiger partial charge in [-0.3, -0.25) is 9.78 Å². The predicted octanol–water partition coefficient (Wildman–Crippen LogP) is 3.96. The van der Waals surface area contributed by atoms with Crippen LogP contribution < -0.4 is 10.3 Å². The van der Waals surface area contributed by atoms with E-state index in [0.717, 1.165) is 18.5 Å². The van der Waals surface area contributed by atoms with Gasteiger partial charge in [-0.1, -0.05) is 19.1 Å². The first-order valence-electron chi connectivity index (χ1n) is 9.08. The van der Waals surface area contributed by atoms with Crippen molar-refractivity contribution in [1.29, 1.82) is 0 Å². The number of hydrogen-bond acceptors (Lipinski definition) is 4. The van der Waals surface area contributed by atoms with Gasteiger partial charge in [0.1, 0.15) is 5.69 Å². The number of carbonyl (C=O) groups is 1. The largest absolute Gasteiger partial charge is 0.366 e. The van der Waals surface area contributed by atoms with Gasteiger partial charge in [0.2, 0.25) is 0 Å². The van der Waals surface area contributed by atoms with E-state index in [9.17, 15) is 4.79 Å². The molecule has 1 atom stereocenters. The number of hydrogen-bond donors (Lipinski definition) is 1. The summed E-state index contributed by atoms with van der Waals surface area (Å²) in [6.45, 7) is 10.1. The van der Waals surface area contributed by atoms with Gasteiger partial charge in [0, 0.05) is 24.0 Å². The normalized spacial score (nSPS) is 18.6. The van der Waals surface area contributed by atoms with Crippen LogP contribution in [-0.2, 0) is 0 Å². The zero-order chi connectivity index (χ0) is 18.7. The molecular formula is C21H26N4O. The van der Waals surface area contributed by atoms with Crippen LogP contribution in [0.4, 0.5) is 5.69 Å². The Bertz CT molecular complexity index is 814. The molecule has 5 nitrogen and oxygen atoms in total. The van der Waals surface area contributed by atoms with Crippen molar-refractivity contribution < 1.29 is 4.79 Å². The van der Waals surface area contributed by atoms with Crippen LogP contribution in [-0.4, -0.2) is 29.2 Å². The van der Waals surface area contributed by atoms with Gasteiger partial charge in [-0.2, -0.15) is 5.10 Å². The zero-order valence-electron chi connectivity index (χ0n) is 15.9. The minimum atomic E-state index is -0.313. The first kappa shape index (κ1) is 18.1. The Morgan fingerprint density at radius 3 is 2.88 bits per heavy atom. The summed E-state index contributed by atoms with van der Waals surface area (Å²) in [6.07, 6.45) is 4.39. The van der Waals surface area contributed by atoms with Crippen molar-refractivity contribution in [3.05, 3.63) is 59.4 Å².